The molecule has 4 nitrogen and oxygen atoms in total. The van der Waals surface area contributed by atoms with Gasteiger partial charge in [0.15, 0.2) is 0 Å². The standard InChI is InChI=1S/C12H19BrN2O2S/c1-3-5-10(4-2)15-18(16,17)12-7-6-9(14)8-11(12)13/h6-8,10,15H,3-5,14H2,1-2H3. The van der Waals surface area contributed by atoms with Gasteiger partial charge >= 0.3 is 0 Å². The second kappa shape index (κ2) is 6.54. The van der Waals surface area contributed by atoms with Gasteiger partial charge in [0.25, 0.3) is 0 Å². The summed E-state index contributed by atoms with van der Waals surface area (Å²) >= 11 is 3.23. The first-order chi connectivity index (χ1) is 8.40. The topological polar surface area (TPSA) is 72.2 Å². The lowest BCUT2D eigenvalue weighted by molar-refractivity contribution is 0.512. The minimum Gasteiger partial charge on any atom is -0.399 e. The molecule has 1 unspecified atom stereocenters. The molecule has 102 valence electrons. The smallest absolute Gasteiger partial charge is 0.241 e. The van der Waals surface area contributed by atoms with Crippen LogP contribution in [0.1, 0.15) is 33.1 Å². The number of nitrogens with two attached hydrogens (primary N) is 1. The third-order valence-electron chi connectivity index (χ3n) is 2.70. The summed E-state index contributed by atoms with van der Waals surface area (Å²) in [5.74, 6) is 0. The van der Waals surface area contributed by atoms with Crippen molar-refractivity contribution in [2.45, 2.75) is 44.0 Å². The summed E-state index contributed by atoms with van der Waals surface area (Å²) in [4.78, 5) is 0.228. The average molecular weight is 335 g/mol. The summed E-state index contributed by atoms with van der Waals surface area (Å²) < 4.78 is 27.7. The third-order valence-corrected chi connectivity index (χ3v) is 5.19. The zero-order chi connectivity index (χ0) is 13.8. The lowest BCUT2D eigenvalue weighted by Gasteiger charge is -2.17. The van der Waals surface area contributed by atoms with Crippen LogP contribution in [0.25, 0.3) is 0 Å². The van der Waals surface area contributed by atoms with Crippen LogP contribution in [0.4, 0.5) is 5.69 Å². The van der Waals surface area contributed by atoms with E-state index in [0.717, 1.165) is 19.3 Å². The lowest BCUT2D eigenvalue weighted by Crippen LogP contribution is -2.34. The molecule has 0 fully saturated rings. The number of nitrogen functional groups attached to an aromatic ring is 1. The molecule has 0 radical (unpaired) electrons. The second-order valence-electron chi connectivity index (χ2n) is 4.20. The fraction of sp³-hybridized carbons (Fsp3) is 0.500. The summed E-state index contributed by atoms with van der Waals surface area (Å²) in [5, 5.41) is 0. The van der Waals surface area contributed by atoms with Crippen LogP contribution in [0.3, 0.4) is 0 Å². The Morgan fingerprint density at radius 1 is 1.39 bits per heavy atom. The van der Waals surface area contributed by atoms with E-state index in [2.05, 4.69) is 20.7 Å². The number of hydrogen-bond donors (Lipinski definition) is 2. The van der Waals surface area contributed by atoms with Crippen molar-refractivity contribution in [2.75, 3.05) is 5.73 Å². The molecule has 3 N–H and O–H groups in total. The number of nitrogens with one attached hydrogen (secondary N) is 1. The summed E-state index contributed by atoms with van der Waals surface area (Å²) in [7, 11) is -3.49. The highest BCUT2D eigenvalue weighted by atomic mass is 79.9. The van der Waals surface area contributed by atoms with Crippen LogP contribution in [-0.4, -0.2) is 14.5 Å². The third kappa shape index (κ3) is 3.96. The van der Waals surface area contributed by atoms with Crippen molar-refractivity contribution in [1.29, 1.82) is 0 Å². The average Bonchev–Trinajstić information content (AvgIpc) is 2.27. The van der Waals surface area contributed by atoms with Crippen molar-refractivity contribution in [1.82, 2.24) is 4.72 Å². The van der Waals surface area contributed by atoms with Crippen molar-refractivity contribution < 1.29 is 8.42 Å². The molecule has 0 heterocycles. The Morgan fingerprint density at radius 2 is 2.06 bits per heavy atom. The molecule has 1 rings (SSSR count). The van der Waals surface area contributed by atoms with Gasteiger partial charge in [0.2, 0.25) is 10.0 Å². The van der Waals surface area contributed by atoms with E-state index in [1.807, 2.05) is 13.8 Å². The monoisotopic (exact) mass is 334 g/mol. The molecule has 0 spiro atoms. The van der Waals surface area contributed by atoms with Crippen LogP contribution in [0.2, 0.25) is 0 Å². The van der Waals surface area contributed by atoms with Crippen LogP contribution in [0.5, 0.6) is 0 Å². The maximum absolute atomic E-state index is 12.2. The van der Waals surface area contributed by atoms with Gasteiger partial charge in [-0.2, -0.15) is 0 Å². The summed E-state index contributed by atoms with van der Waals surface area (Å²) in [6.07, 6.45) is 2.56. The van der Waals surface area contributed by atoms with Crippen molar-refractivity contribution in [3.63, 3.8) is 0 Å². The SMILES string of the molecule is CCCC(CC)NS(=O)(=O)c1ccc(N)cc1Br. The molecule has 18 heavy (non-hydrogen) atoms. The Hall–Kier alpha value is -0.590. The Kier molecular flexibility index (Phi) is 5.62. The van der Waals surface area contributed by atoms with Crippen LogP contribution < -0.4 is 10.5 Å². The minimum absolute atomic E-state index is 0.0237. The fourth-order valence-corrected chi connectivity index (χ4v) is 4.16. The zero-order valence-corrected chi connectivity index (χ0v) is 13.0. The van der Waals surface area contributed by atoms with E-state index in [9.17, 15) is 8.42 Å². The van der Waals surface area contributed by atoms with Gasteiger partial charge in [-0.15, -0.1) is 0 Å². The van der Waals surface area contributed by atoms with Gasteiger partial charge in [0.1, 0.15) is 0 Å². The Balaban J connectivity index is 2.99. The zero-order valence-electron chi connectivity index (χ0n) is 10.6. The molecule has 0 aliphatic heterocycles. The summed E-state index contributed by atoms with van der Waals surface area (Å²) in [6, 6.07) is 4.67. The van der Waals surface area contributed by atoms with Crippen LogP contribution in [0.15, 0.2) is 27.6 Å². The molecular weight excluding hydrogens is 316 g/mol. The molecule has 1 atom stereocenters. The Morgan fingerprint density at radius 3 is 2.56 bits per heavy atom. The van der Waals surface area contributed by atoms with Crippen molar-refractivity contribution in [2.24, 2.45) is 0 Å². The van der Waals surface area contributed by atoms with E-state index >= 15 is 0 Å². The molecule has 0 aromatic heterocycles. The van der Waals surface area contributed by atoms with E-state index in [1.165, 1.54) is 6.07 Å². The predicted molar refractivity (Wildman–Crippen MR) is 77.9 cm³/mol. The number of sulfonamides is 1. The predicted octanol–water partition coefficient (Wildman–Crippen LogP) is 2.89. The number of benzene rings is 1. The van der Waals surface area contributed by atoms with Crippen LogP contribution in [-0.2, 0) is 10.0 Å². The van der Waals surface area contributed by atoms with Gasteiger partial charge in [-0.05, 0) is 47.0 Å². The van der Waals surface area contributed by atoms with Gasteiger partial charge in [-0.1, -0.05) is 20.3 Å². The first kappa shape index (κ1) is 15.5. The molecule has 0 aliphatic carbocycles. The van der Waals surface area contributed by atoms with E-state index in [-0.39, 0.29) is 10.9 Å². The van der Waals surface area contributed by atoms with E-state index < -0.39 is 10.0 Å². The van der Waals surface area contributed by atoms with Crippen LogP contribution >= 0.6 is 15.9 Å². The van der Waals surface area contributed by atoms with Crippen molar-refractivity contribution in [3.05, 3.63) is 22.7 Å². The Labute approximate surface area is 117 Å². The van der Waals surface area contributed by atoms with Gasteiger partial charge in [0, 0.05) is 16.2 Å². The highest BCUT2D eigenvalue weighted by Crippen LogP contribution is 2.24. The number of rotatable bonds is 6. The maximum atomic E-state index is 12.2. The molecule has 0 saturated heterocycles. The second-order valence-corrected chi connectivity index (χ2v) is 6.74. The molecule has 6 heteroatoms. The molecule has 1 aromatic rings. The number of hydrogen-bond acceptors (Lipinski definition) is 3. The van der Waals surface area contributed by atoms with E-state index in [1.54, 1.807) is 12.1 Å². The molecule has 0 aliphatic rings. The fourth-order valence-electron chi connectivity index (χ4n) is 1.71. The summed E-state index contributed by atoms with van der Waals surface area (Å²) in [6.45, 7) is 4.01. The normalized spacial score (nSPS) is 13.5. The maximum Gasteiger partial charge on any atom is 0.241 e. The quantitative estimate of drug-likeness (QED) is 0.785. The van der Waals surface area contributed by atoms with Crippen LogP contribution in [0, 0.1) is 0 Å². The van der Waals surface area contributed by atoms with Gasteiger partial charge < -0.3 is 5.73 Å². The molecule has 0 bridgehead atoms. The Bertz CT molecular complexity index is 503. The largest absolute Gasteiger partial charge is 0.399 e. The first-order valence-corrected chi connectivity index (χ1v) is 8.25. The molecule has 0 saturated carbocycles. The molecule has 1 aromatic carbocycles. The number of halogens is 1. The highest BCUT2D eigenvalue weighted by molar-refractivity contribution is 9.10. The van der Waals surface area contributed by atoms with Crippen molar-refractivity contribution >= 4 is 31.6 Å². The van der Waals surface area contributed by atoms with Gasteiger partial charge in [0.05, 0.1) is 4.90 Å². The van der Waals surface area contributed by atoms with Gasteiger partial charge in [-0.3, -0.25) is 0 Å². The lowest BCUT2D eigenvalue weighted by atomic mass is 10.1. The van der Waals surface area contributed by atoms with Crippen molar-refractivity contribution in [3.8, 4) is 0 Å². The molecular formula is C12H19BrN2O2S. The highest BCUT2D eigenvalue weighted by Gasteiger charge is 2.20. The van der Waals surface area contributed by atoms with E-state index in [0.29, 0.717) is 10.2 Å². The molecule has 0 amide bonds. The van der Waals surface area contributed by atoms with E-state index in [4.69, 9.17) is 5.73 Å². The first-order valence-electron chi connectivity index (χ1n) is 5.98. The summed E-state index contributed by atoms with van der Waals surface area (Å²) in [5.41, 5.74) is 6.13. The van der Waals surface area contributed by atoms with Gasteiger partial charge in [-0.25, -0.2) is 13.1 Å². The number of anilines is 1. The minimum atomic E-state index is -3.49.